The molecule has 3 aromatic rings. The maximum Gasteiger partial charge on any atom is 0.338 e. The molecule has 3 aromatic carbocycles. The van der Waals surface area contributed by atoms with E-state index in [-0.39, 0.29) is 22.8 Å². The molecule has 0 spiro atoms. The van der Waals surface area contributed by atoms with E-state index in [1.54, 1.807) is 11.9 Å². The average molecular weight is 407 g/mol. The van der Waals surface area contributed by atoms with E-state index in [9.17, 15) is 19.7 Å². The van der Waals surface area contributed by atoms with Crippen LogP contribution in [-0.4, -0.2) is 37.0 Å². The molecule has 30 heavy (non-hydrogen) atoms. The molecule has 0 bridgehead atoms. The number of anilines is 2. The Balaban J connectivity index is 1.76. The molecule has 0 saturated carbocycles. The van der Waals surface area contributed by atoms with Crippen LogP contribution in [0, 0.1) is 10.1 Å². The molecule has 0 radical (unpaired) electrons. The van der Waals surface area contributed by atoms with Crippen LogP contribution in [0.4, 0.5) is 17.1 Å². The summed E-state index contributed by atoms with van der Waals surface area (Å²) in [4.78, 5) is 37.2. The van der Waals surface area contributed by atoms with Gasteiger partial charge in [-0.25, -0.2) is 4.79 Å². The number of carbonyl (C=O) groups excluding carboxylic acids is 2. The van der Waals surface area contributed by atoms with Crippen molar-refractivity contribution in [3.8, 4) is 0 Å². The number of likely N-dealkylation sites (N-methyl/N-ethyl adjacent to an activating group) is 1. The fourth-order valence-electron chi connectivity index (χ4n) is 3.23. The molecule has 0 aromatic heterocycles. The standard InChI is InChI=1S/C22H21N3O5/c1-3-24(19-10-6-8-15-7-4-5-9-17(15)19)21(26)14-30-22(27)16-11-12-18(23-2)20(13-16)25(28)29/h4-13,23H,3,14H2,1-2H3. The van der Waals surface area contributed by atoms with Crippen LogP contribution in [0.25, 0.3) is 10.8 Å². The van der Waals surface area contributed by atoms with Crippen LogP contribution in [-0.2, 0) is 9.53 Å². The van der Waals surface area contributed by atoms with Crippen molar-refractivity contribution in [3.63, 3.8) is 0 Å². The number of nitrogens with zero attached hydrogens (tertiary/aromatic N) is 2. The molecule has 0 fully saturated rings. The van der Waals surface area contributed by atoms with Crippen molar-refractivity contribution in [2.75, 3.05) is 30.4 Å². The van der Waals surface area contributed by atoms with Crippen LogP contribution < -0.4 is 10.2 Å². The number of nitro groups is 1. The number of fused-ring (bicyclic) bond motifs is 1. The smallest absolute Gasteiger partial charge is 0.338 e. The second-order valence-electron chi connectivity index (χ2n) is 6.45. The minimum Gasteiger partial charge on any atom is -0.452 e. The van der Waals surface area contributed by atoms with Gasteiger partial charge in [-0.15, -0.1) is 0 Å². The molecular formula is C22H21N3O5. The highest BCUT2D eigenvalue weighted by Crippen LogP contribution is 2.27. The number of carbonyl (C=O) groups is 2. The molecular weight excluding hydrogens is 386 g/mol. The molecule has 0 heterocycles. The van der Waals surface area contributed by atoms with Gasteiger partial charge in [-0.05, 0) is 30.5 Å². The van der Waals surface area contributed by atoms with Crippen molar-refractivity contribution in [2.45, 2.75) is 6.92 Å². The van der Waals surface area contributed by atoms with Crippen molar-refractivity contribution >= 4 is 39.7 Å². The van der Waals surface area contributed by atoms with Crippen molar-refractivity contribution in [1.29, 1.82) is 0 Å². The molecule has 0 atom stereocenters. The molecule has 0 saturated heterocycles. The van der Waals surface area contributed by atoms with Gasteiger partial charge in [-0.1, -0.05) is 36.4 Å². The Hall–Kier alpha value is -3.94. The Labute approximate surface area is 173 Å². The molecule has 0 aliphatic carbocycles. The summed E-state index contributed by atoms with van der Waals surface area (Å²) in [5.41, 5.74) is 0.761. The zero-order valence-corrected chi connectivity index (χ0v) is 16.6. The second kappa shape index (κ2) is 9.04. The summed E-state index contributed by atoms with van der Waals surface area (Å²) in [7, 11) is 1.55. The molecule has 0 aliphatic heterocycles. The summed E-state index contributed by atoms with van der Waals surface area (Å²) in [6.07, 6.45) is 0. The van der Waals surface area contributed by atoms with Gasteiger partial charge in [-0.2, -0.15) is 0 Å². The maximum absolute atomic E-state index is 12.8. The summed E-state index contributed by atoms with van der Waals surface area (Å²) in [6, 6.07) is 17.3. The first-order valence-corrected chi connectivity index (χ1v) is 9.37. The average Bonchev–Trinajstić information content (AvgIpc) is 2.77. The van der Waals surface area contributed by atoms with Gasteiger partial charge in [0.2, 0.25) is 0 Å². The Morgan fingerprint density at radius 2 is 1.83 bits per heavy atom. The molecule has 8 nitrogen and oxygen atoms in total. The van der Waals surface area contributed by atoms with Crippen LogP contribution in [0.2, 0.25) is 0 Å². The minimum atomic E-state index is -0.803. The second-order valence-corrected chi connectivity index (χ2v) is 6.45. The number of nitrogens with one attached hydrogen (secondary N) is 1. The fraction of sp³-hybridized carbons (Fsp3) is 0.182. The predicted octanol–water partition coefficient (Wildman–Crippen LogP) is 4.00. The van der Waals surface area contributed by atoms with Gasteiger partial charge in [0.05, 0.1) is 16.2 Å². The van der Waals surface area contributed by atoms with Crippen LogP contribution in [0.3, 0.4) is 0 Å². The number of benzene rings is 3. The van der Waals surface area contributed by atoms with Gasteiger partial charge >= 0.3 is 5.97 Å². The van der Waals surface area contributed by atoms with Crippen LogP contribution >= 0.6 is 0 Å². The predicted molar refractivity (Wildman–Crippen MR) is 115 cm³/mol. The first-order valence-electron chi connectivity index (χ1n) is 9.37. The lowest BCUT2D eigenvalue weighted by atomic mass is 10.1. The Morgan fingerprint density at radius 3 is 2.53 bits per heavy atom. The van der Waals surface area contributed by atoms with E-state index in [0.717, 1.165) is 22.5 Å². The third kappa shape index (κ3) is 4.22. The molecule has 3 rings (SSSR count). The lowest BCUT2D eigenvalue weighted by molar-refractivity contribution is -0.384. The van der Waals surface area contributed by atoms with Crippen molar-refractivity contribution in [2.24, 2.45) is 0 Å². The first kappa shape index (κ1) is 20.8. The van der Waals surface area contributed by atoms with Gasteiger partial charge < -0.3 is 15.0 Å². The van der Waals surface area contributed by atoms with Gasteiger partial charge in [0.25, 0.3) is 11.6 Å². The van der Waals surface area contributed by atoms with Crippen molar-refractivity contribution < 1.29 is 19.2 Å². The van der Waals surface area contributed by atoms with E-state index < -0.39 is 17.5 Å². The molecule has 1 N–H and O–H groups in total. The van der Waals surface area contributed by atoms with Gasteiger partial charge in [0, 0.05) is 25.0 Å². The van der Waals surface area contributed by atoms with E-state index in [1.807, 2.05) is 49.4 Å². The summed E-state index contributed by atoms with van der Waals surface area (Å²) in [5.74, 6) is -1.19. The maximum atomic E-state index is 12.8. The van der Waals surface area contributed by atoms with Crippen LogP contribution in [0.15, 0.2) is 60.7 Å². The lowest BCUT2D eigenvalue weighted by Gasteiger charge is -2.22. The zero-order valence-electron chi connectivity index (χ0n) is 16.6. The molecule has 8 heteroatoms. The van der Waals surface area contributed by atoms with Gasteiger partial charge in [0.1, 0.15) is 5.69 Å². The highest BCUT2D eigenvalue weighted by molar-refractivity contribution is 6.04. The van der Waals surface area contributed by atoms with E-state index >= 15 is 0 Å². The fourth-order valence-corrected chi connectivity index (χ4v) is 3.23. The van der Waals surface area contributed by atoms with E-state index in [1.165, 1.54) is 12.1 Å². The number of nitro benzene ring substituents is 1. The van der Waals surface area contributed by atoms with E-state index in [0.29, 0.717) is 6.54 Å². The van der Waals surface area contributed by atoms with Crippen molar-refractivity contribution in [3.05, 3.63) is 76.3 Å². The normalized spacial score (nSPS) is 10.5. The number of amides is 1. The Bertz CT molecular complexity index is 1110. The van der Waals surface area contributed by atoms with Crippen LogP contribution in [0.1, 0.15) is 17.3 Å². The number of hydrogen-bond donors (Lipinski definition) is 1. The molecule has 154 valence electrons. The molecule has 0 aliphatic rings. The van der Waals surface area contributed by atoms with E-state index in [4.69, 9.17) is 4.74 Å². The number of esters is 1. The summed E-state index contributed by atoms with van der Waals surface area (Å²) < 4.78 is 5.14. The topological polar surface area (TPSA) is 102 Å². The van der Waals surface area contributed by atoms with Crippen molar-refractivity contribution in [1.82, 2.24) is 0 Å². The van der Waals surface area contributed by atoms with Gasteiger partial charge in [0.15, 0.2) is 6.61 Å². The largest absolute Gasteiger partial charge is 0.452 e. The highest BCUT2D eigenvalue weighted by atomic mass is 16.6. The van der Waals surface area contributed by atoms with Crippen LogP contribution in [0.5, 0.6) is 0 Å². The molecule has 0 unspecified atom stereocenters. The SMILES string of the molecule is CCN(C(=O)COC(=O)c1ccc(NC)c([N+](=O)[O-])c1)c1cccc2ccccc12. The minimum absolute atomic E-state index is 0.00158. The molecule has 1 amide bonds. The van der Waals surface area contributed by atoms with Gasteiger partial charge in [-0.3, -0.25) is 14.9 Å². The number of rotatable bonds is 7. The monoisotopic (exact) mass is 407 g/mol. The zero-order chi connectivity index (χ0) is 21.7. The Morgan fingerprint density at radius 1 is 1.10 bits per heavy atom. The summed E-state index contributed by atoms with van der Waals surface area (Å²) in [6.45, 7) is 1.76. The third-order valence-corrected chi connectivity index (χ3v) is 4.70. The summed E-state index contributed by atoms with van der Waals surface area (Å²) in [5, 5.41) is 15.8. The number of ether oxygens (including phenoxy) is 1. The quantitative estimate of drug-likeness (QED) is 0.361. The highest BCUT2D eigenvalue weighted by Gasteiger charge is 2.21. The van der Waals surface area contributed by atoms with E-state index in [2.05, 4.69) is 5.32 Å². The number of hydrogen-bond acceptors (Lipinski definition) is 6. The first-order chi connectivity index (χ1) is 14.5. The third-order valence-electron chi connectivity index (χ3n) is 4.70. The summed E-state index contributed by atoms with van der Waals surface area (Å²) >= 11 is 0. The lowest BCUT2D eigenvalue weighted by Crippen LogP contribution is -2.34. The Kier molecular flexibility index (Phi) is 6.26.